The normalized spacial score (nSPS) is 21.5. The van der Waals surface area contributed by atoms with E-state index in [0.717, 1.165) is 30.8 Å². The second-order valence-corrected chi connectivity index (χ2v) is 5.89. The van der Waals surface area contributed by atoms with Gasteiger partial charge in [0, 0.05) is 19.5 Å². The van der Waals surface area contributed by atoms with E-state index in [4.69, 9.17) is 5.26 Å². The molecule has 19 heavy (non-hydrogen) atoms. The Hall–Kier alpha value is -2.00. The molecule has 1 fully saturated rings. The van der Waals surface area contributed by atoms with Crippen LogP contribution in [0.2, 0.25) is 0 Å². The van der Waals surface area contributed by atoms with Crippen LogP contribution >= 0.6 is 0 Å². The summed E-state index contributed by atoms with van der Waals surface area (Å²) in [5, 5.41) is 18.1. The first-order chi connectivity index (χ1) is 9.08. The SMILES string of the molecule is CC1(C)CN(c2ccccc2C#N)CCC1CC#N. The van der Waals surface area contributed by atoms with Gasteiger partial charge in [-0.2, -0.15) is 10.5 Å². The molecule has 1 atom stereocenters. The summed E-state index contributed by atoms with van der Waals surface area (Å²) >= 11 is 0. The summed E-state index contributed by atoms with van der Waals surface area (Å²) in [7, 11) is 0. The molecule has 98 valence electrons. The maximum absolute atomic E-state index is 9.20. The number of benzene rings is 1. The molecule has 0 aliphatic carbocycles. The largest absolute Gasteiger partial charge is 0.370 e. The molecular formula is C16H19N3. The van der Waals surface area contributed by atoms with E-state index < -0.39 is 0 Å². The molecule has 1 heterocycles. The Morgan fingerprint density at radius 1 is 1.32 bits per heavy atom. The standard InChI is InChI=1S/C16H19N3/c1-16(2)12-19(10-8-14(16)7-9-17)15-6-4-3-5-13(15)11-18/h3-6,14H,7-8,10,12H2,1-2H3. The number of para-hydroxylation sites is 1. The lowest BCUT2D eigenvalue weighted by Crippen LogP contribution is -2.46. The molecule has 1 aromatic rings. The van der Waals surface area contributed by atoms with Gasteiger partial charge in [0.1, 0.15) is 6.07 Å². The highest BCUT2D eigenvalue weighted by Crippen LogP contribution is 2.39. The van der Waals surface area contributed by atoms with Gasteiger partial charge in [0.05, 0.1) is 17.3 Å². The van der Waals surface area contributed by atoms with Crippen molar-refractivity contribution < 1.29 is 0 Å². The molecule has 1 aromatic carbocycles. The molecule has 1 aliphatic rings. The van der Waals surface area contributed by atoms with Crippen LogP contribution in [0, 0.1) is 34.0 Å². The highest BCUT2D eigenvalue weighted by Gasteiger charge is 2.36. The van der Waals surface area contributed by atoms with Crippen LogP contribution in [0.5, 0.6) is 0 Å². The van der Waals surface area contributed by atoms with Gasteiger partial charge >= 0.3 is 0 Å². The maximum atomic E-state index is 9.20. The quantitative estimate of drug-likeness (QED) is 0.812. The Kier molecular flexibility index (Phi) is 3.76. The molecule has 3 heteroatoms. The van der Waals surface area contributed by atoms with E-state index in [9.17, 15) is 5.26 Å². The molecule has 1 unspecified atom stereocenters. The van der Waals surface area contributed by atoms with Crippen molar-refractivity contribution in [3.8, 4) is 12.1 Å². The fourth-order valence-corrected chi connectivity index (χ4v) is 2.94. The summed E-state index contributed by atoms with van der Waals surface area (Å²) in [5.74, 6) is 0.447. The second kappa shape index (κ2) is 5.33. The predicted octanol–water partition coefficient (Wildman–Crippen LogP) is 3.32. The molecular weight excluding hydrogens is 234 g/mol. The van der Waals surface area contributed by atoms with Gasteiger partial charge < -0.3 is 4.90 Å². The van der Waals surface area contributed by atoms with Gasteiger partial charge in [-0.05, 0) is 29.9 Å². The lowest BCUT2D eigenvalue weighted by molar-refractivity contribution is 0.179. The lowest BCUT2D eigenvalue weighted by atomic mass is 9.72. The number of rotatable bonds is 2. The van der Waals surface area contributed by atoms with Crippen molar-refractivity contribution >= 4 is 5.69 Å². The van der Waals surface area contributed by atoms with Crippen LogP contribution in [0.1, 0.15) is 32.3 Å². The van der Waals surface area contributed by atoms with Crippen molar-refractivity contribution in [3.63, 3.8) is 0 Å². The molecule has 0 saturated carbocycles. The number of hydrogen-bond acceptors (Lipinski definition) is 3. The number of anilines is 1. The Morgan fingerprint density at radius 2 is 2.05 bits per heavy atom. The predicted molar refractivity (Wildman–Crippen MR) is 75.5 cm³/mol. The van der Waals surface area contributed by atoms with Crippen molar-refractivity contribution in [3.05, 3.63) is 29.8 Å². The molecule has 2 rings (SSSR count). The van der Waals surface area contributed by atoms with Gasteiger partial charge in [-0.25, -0.2) is 0 Å². The first-order valence-electron chi connectivity index (χ1n) is 6.69. The van der Waals surface area contributed by atoms with Crippen molar-refractivity contribution in [1.29, 1.82) is 10.5 Å². The summed E-state index contributed by atoms with van der Waals surface area (Å²) in [6, 6.07) is 12.3. The van der Waals surface area contributed by atoms with E-state index in [2.05, 4.69) is 30.9 Å². The van der Waals surface area contributed by atoms with E-state index in [1.807, 2.05) is 24.3 Å². The molecule has 0 amide bonds. The van der Waals surface area contributed by atoms with Crippen molar-refractivity contribution in [2.24, 2.45) is 11.3 Å². The molecule has 1 saturated heterocycles. The number of piperidine rings is 1. The summed E-state index contributed by atoms with van der Waals surface area (Å²) in [6.07, 6.45) is 1.64. The summed E-state index contributed by atoms with van der Waals surface area (Å²) < 4.78 is 0. The third-order valence-electron chi connectivity index (χ3n) is 4.15. The topological polar surface area (TPSA) is 50.8 Å². The van der Waals surface area contributed by atoms with Crippen LogP contribution in [0.4, 0.5) is 5.69 Å². The average Bonchev–Trinajstić information content (AvgIpc) is 2.41. The first-order valence-corrected chi connectivity index (χ1v) is 6.69. The minimum atomic E-state index is 0.108. The summed E-state index contributed by atoms with van der Waals surface area (Å²) in [5.41, 5.74) is 1.86. The van der Waals surface area contributed by atoms with Crippen LogP contribution in [0.25, 0.3) is 0 Å². The van der Waals surface area contributed by atoms with Gasteiger partial charge in [-0.1, -0.05) is 26.0 Å². The third kappa shape index (κ3) is 2.71. The average molecular weight is 253 g/mol. The van der Waals surface area contributed by atoms with E-state index in [1.165, 1.54) is 0 Å². The smallest absolute Gasteiger partial charge is 0.101 e. The second-order valence-electron chi connectivity index (χ2n) is 5.89. The van der Waals surface area contributed by atoms with Gasteiger partial charge in [0.15, 0.2) is 0 Å². The monoisotopic (exact) mass is 253 g/mol. The van der Waals surface area contributed by atoms with Crippen LogP contribution in [0.3, 0.4) is 0 Å². The van der Waals surface area contributed by atoms with Gasteiger partial charge in [-0.3, -0.25) is 0 Å². The molecule has 1 aliphatic heterocycles. The Balaban J connectivity index is 2.22. The molecule has 3 nitrogen and oxygen atoms in total. The highest BCUT2D eigenvalue weighted by atomic mass is 15.1. The van der Waals surface area contributed by atoms with Crippen molar-refractivity contribution in [1.82, 2.24) is 0 Å². The van der Waals surface area contributed by atoms with Crippen LogP contribution in [-0.4, -0.2) is 13.1 Å². The zero-order valence-electron chi connectivity index (χ0n) is 11.6. The zero-order chi connectivity index (χ0) is 13.9. The number of nitriles is 2. The van der Waals surface area contributed by atoms with Crippen molar-refractivity contribution in [2.75, 3.05) is 18.0 Å². The molecule has 0 radical (unpaired) electrons. The first kappa shape index (κ1) is 13.4. The number of nitrogens with zero attached hydrogens (tertiary/aromatic N) is 3. The maximum Gasteiger partial charge on any atom is 0.101 e. The summed E-state index contributed by atoms with van der Waals surface area (Å²) in [4.78, 5) is 2.28. The zero-order valence-corrected chi connectivity index (χ0v) is 11.6. The van der Waals surface area contributed by atoms with Gasteiger partial charge in [0.2, 0.25) is 0 Å². The minimum absolute atomic E-state index is 0.108. The van der Waals surface area contributed by atoms with Crippen molar-refractivity contribution in [2.45, 2.75) is 26.7 Å². The van der Waals surface area contributed by atoms with Crippen LogP contribution in [-0.2, 0) is 0 Å². The summed E-state index contributed by atoms with van der Waals surface area (Å²) in [6.45, 7) is 6.26. The van der Waals surface area contributed by atoms with E-state index in [0.29, 0.717) is 12.3 Å². The van der Waals surface area contributed by atoms with E-state index >= 15 is 0 Å². The van der Waals surface area contributed by atoms with Crippen LogP contribution in [0.15, 0.2) is 24.3 Å². The number of hydrogen-bond donors (Lipinski definition) is 0. The lowest BCUT2D eigenvalue weighted by Gasteiger charge is -2.44. The highest BCUT2D eigenvalue weighted by molar-refractivity contribution is 5.59. The third-order valence-corrected chi connectivity index (χ3v) is 4.15. The van der Waals surface area contributed by atoms with E-state index in [-0.39, 0.29) is 5.41 Å². The molecule has 0 bridgehead atoms. The fourth-order valence-electron chi connectivity index (χ4n) is 2.94. The Morgan fingerprint density at radius 3 is 2.68 bits per heavy atom. The van der Waals surface area contributed by atoms with Gasteiger partial charge in [-0.15, -0.1) is 0 Å². The van der Waals surface area contributed by atoms with E-state index in [1.54, 1.807) is 0 Å². The van der Waals surface area contributed by atoms with Gasteiger partial charge in [0.25, 0.3) is 0 Å². The molecule has 0 aromatic heterocycles. The molecule has 0 spiro atoms. The Labute approximate surface area is 115 Å². The Bertz CT molecular complexity index is 534. The van der Waals surface area contributed by atoms with Crippen LogP contribution < -0.4 is 4.90 Å². The molecule has 0 N–H and O–H groups in total. The fraction of sp³-hybridized carbons (Fsp3) is 0.500. The minimum Gasteiger partial charge on any atom is -0.370 e.